The summed E-state index contributed by atoms with van der Waals surface area (Å²) in [7, 11) is -8.58. The zero-order valence-corrected chi connectivity index (χ0v) is 21.2. The normalized spacial score (nSPS) is 13.1. The van der Waals surface area contributed by atoms with Crippen LogP contribution in [-0.4, -0.2) is 37.0 Å². The van der Waals surface area contributed by atoms with E-state index >= 15 is 0 Å². The zero-order valence-electron chi connectivity index (χ0n) is 19.5. The highest BCUT2D eigenvalue weighted by molar-refractivity contribution is 7.92. The van der Waals surface area contributed by atoms with Gasteiger partial charge < -0.3 is 36.0 Å². The second kappa shape index (κ2) is 11.8. The molecule has 0 unspecified atom stereocenters. The van der Waals surface area contributed by atoms with E-state index in [9.17, 15) is 41.1 Å². The number of pyridine rings is 1. The van der Waals surface area contributed by atoms with E-state index < -0.39 is 58.5 Å². The van der Waals surface area contributed by atoms with Crippen LogP contribution in [0.15, 0.2) is 35.3 Å². The molecule has 0 bridgehead atoms. The molecule has 1 atom stereocenters. The molecule has 1 amide bonds. The van der Waals surface area contributed by atoms with Gasteiger partial charge >= 0.3 is 0 Å². The number of carbonyl (C=O) groups is 1. The second-order valence-corrected chi connectivity index (χ2v) is 10.7. The summed E-state index contributed by atoms with van der Waals surface area (Å²) in [6.07, 6.45) is 0.750. The first-order valence-corrected chi connectivity index (χ1v) is 12.4. The van der Waals surface area contributed by atoms with E-state index in [0.29, 0.717) is 12.5 Å². The van der Waals surface area contributed by atoms with Crippen molar-refractivity contribution in [3.63, 3.8) is 0 Å². The van der Waals surface area contributed by atoms with Gasteiger partial charge in [-0.25, -0.2) is 27.3 Å². The highest BCUT2D eigenvalue weighted by Gasteiger charge is 2.43. The summed E-state index contributed by atoms with van der Waals surface area (Å²) in [5.41, 5.74) is -0.142. The fraction of sp³-hybridized carbons (Fsp3) is 0.333. The molecule has 0 aliphatic heterocycles. The minimum Gasteiger partial charge on any atom is -0.788 e. The van der Waals surface area contributed by atoms with Crippen LogP contribution in [-0.2, 0) is 30.4 Å². The predicted molar refractivity (Wildman–Crippen MR) is 119 cm³/mol. The van der Waals surface area contributed by atoms with E-state index in [1.165, 1.54) is 24.7 Å². The van der Waals surface area contributed by atoms with Gasteiger partial charge in [-0.05, 0) is 25.5 Å². The van der Waals surface area contributed by atoms with Crippen molar-refractivity contribution in [2.24, 2.45) is 0 Å². The van der Waals surface area contributed by atoms with E-state index in [2.05, 4.69) is 4.62 Å². The molecule has 2 rings (SSSR count). The number of carbonyl (C=O) groups excluding carboxylic acids is 1. The molecule has 1 aromatic carbocycles. The number of hydrogen-bond acceptors (Lipinski definition) is 9. The van der Waals surface area contributed by atoms with Gasteiger partial charge in [0.25, 0.3) is 11.5 Å². The molecule has 0 fully saturated rings. The molecule has 198 valence electrons. The van der Waals surface area contributed by atoms with Gasteiger partial charge in [-0.2, -0.15) is 0 Å². The number of halogens is 2. The summed E-state index contributed by atoms with van der Waals surface area (Å²) in [4.78, 5) is 45.8. The maximum absolute atomic E-state index is 14.7. The molecule has 0 radical (unpaired) electrons. The summed E-state index contributed by atoms with van der Waals surface area (Å²) in [6, 6.07) is 4.38. The fourth-order valence-corrected chi connectivity index (χ4v) is 3.81. The molecule has 1 aromatic heterocycles. The summed E-state index contributed by atoms with van der Waals surface area (Å²) in [5, 5.41) is 0. The first-order chi connectivity index (χ1) is 15.1. The Kier molecular flexibility index (Phi) is 10.9. The first-order valence-electron chi connectivity index (χ1n) is 9.03. The van der Waals surface area contributed by atoms with E-state index in [1.54, 1.807) is 0 Å². The van der Waals surface area contributed by atoms with Crippen molar-refractivity contribution in [2.45, 2.75) is 24.6 Å². The Hall–Kier alpha value is -2.72. The van der Waals surface area contributed by atoms with Crippen LogP contribution >= 0.6 is 7.82 Å². The van der Waals surface area contributed by atoms with Crippen molar-refractivity contribution in [2.75, 3.05) is 13.4 Å². The monoisotopic (exact) mass is 544 g/mol. The van der Waals surface area contributed by atoms with Crippen molar-refractivity contribution in [1.29, 1.82) is 0 Å². The number of hydrogen-bond donors (Lipinski definition) is 3. The molecule has 9 N–H and O–H groups in total. The minimum absolute atomic E-state index is 0. The number of nitrogens with zero attached hydrogens (tertiary/aromatic N) is 1. The Morgan fingerprint density at radius 2 is 1.77 bits per heavy atom. The number of quaternary nitrogens is 2. The van der Waals surface area contributed by atoms with Crippen LogP contribution in [0.5, 0.6) is 5.75 Å². The summed E-state index contributed by atoms with van der Waals surface area (Å²) in [5.74, 6) is -3.16. The molecular weight excluding hydrogens is 517 g/mol. The van der Waals surface area contributed by atoms with Crippen molar-refractivity contribution < 1.29 is 45.7 Å². The van der Waals surface area contributed by atoms with E-state index in [1.807, 2.05) is 0 Å². The average molecular weight is 544 g/mol. The molecule has 0 spiro atoms. The molecule has 17 heteroatoms. The zero-order chi connectivity index (χ0) is 25.2. The molecule has 13 nitrogen and oxygen atoms in total. The number of hydroxylamine groups is 1. The Balaban J connectivity index is 0.00000578. The number of ether oxygens (including phenoxy) is 1. The lowest BCUT2D eigenvalue weighted by Gasteiger charge is -2.31. The fourth-order valence-electron chi connectivity index (χ4n) is 2.77. The third kappa shape index (κ3) is 7.63. The summed E-state index contributed by atoms with van der Waals surface area (Å²) < 4.78 is 70.7. The van der Waals surface area contributed by atoms with Gasteiger partial charge in [0.15, 0.2) is 14.6 Å². The van der Waals surface area contributed by atoms with Crippen LogP contribution in [0.25, 0.3) is 11.1 Å². The van der Waals surface area contributed by atoms with Crippen LogP contribution in [0.3, 0.4) is 0 Å². The van der Waals surface area contributed by atoms with Crippen LogP contribution in [0.1, 0.15) is 13.3 Å². The van der Waals surface area contributed by atoms with E-state index in [-0.39, 0.29) is 29.2 Å². The standard InChI is InChI=1S/C18H21F2N2O9PS.2H3N/c1-18(33(3,28)29,17(24)21-31-32(25,26)27)6-7-22-10-15(20)13(9-16(22)23)12-5-4-11(30-2)8-14(12)19;;/h4-5,8-10H,6-7H2,1-3H3,(H,21,24)(H2,25,26,27);2*1H3/t18-;;/m1../s1. The molecular formula is C18H27F2N4O9PS. The number of methoxy groups -OCH3 is 1. The van der Waals surface area contributed by atoms with Gasteiger partial charge in [-0.1, -0.05) is 0 Å². The lowest BCUT2D eigenvalue weighted by atomic mass is 10.0. The van der Waals surface area contributed by atoms with Gasteiger partial charge in [-0.15, -0.1) is 0 Å². The van der Waals surface area contributed by atoms with Gasteiger partial charge in [0, 0.05) is 42.3 Å². The number of benzene rings is 1. The van der Waals surface area contributed by atoms with Crippen LogP contribution < -0.4 is 37.9 Å². The third-order valence-corrected chi connectivity index (χ3v) is 7.26. The van der Waals surface area contributed by atoms with E-state index in [0.717, 1.165) is 23.6 Å². The Morgan fingerprint density at radius 3 is 2.26 bits per heavy atom. The maximum Gasteiger partial charge on any atom is 0.265 e. The third-order valence-electron chi connectivity index (χ3n) is 4.92. The van der Waals surface area contributed by atoms with E-state index in [4.69, 9.17) is 4.74 Å². The molecule has 0 saturated carbocycles. The predicted octanol–water partition coefficient (Wildman–Crippen LogP) is 0.624. The van der Waals surface area contributed by atoms with Gasteiger partial charge in [0.05, 0.1) is 14.9 Å². The number of rotatable bonds is 9. The Labute approximate surface area is 199 Å². The number of nitrogens with one attached hydrogen (secondary N) is 1. The van der Waals surface area contributed by atoms with Gasteiger partial charge in [0.1, 0.15) is 17.4 Å². The molecule has 0 saturated heterocycles. The SMILES string of the molecule is COc1ccc(-c2cc(=O)n(CC[C@](C)(C(=O)NOP(=O)([O-])[O-])S(C)(=O)=O)cc2F)c(F)c1.[NH4+].[NH4+]. The molecule has 2 aromatic rings. The molecule has 0 aliphatic carbocycles. The molecule has 1 heterocycles. The molecule has 0 aliphatic rings. The maximum atomic E-state index is 14.7. The van der Waals surface area contributed by atoms with Crippen molar-refractivity contribution in [1.82, 2.24) is 22.3 Å². The topological polar surface area (TPSA) is 240 Å². The highest BCUT2D eigenvalue weighted by Crippen LogP contribution is 2.28. The lowest BCUT2D eigenvalue weighted by Crippen LogP contribution is -2.51. The lowest BCUT2D eigenvalue weighted by molar-refractivity contribution is -0.345. The number of sulfone groups is 1. The number of aromatic nitrogens is 1. The number of aryl methyl sites for hydroxylation is 1. The van der Waals surface area contributed by atoms with Crippen LogP contribution in [0, 0.1) is 11.6 Å². The second-order valence-electron chi connectivity index (χ2n) is 7.14. The largest absolute Gasteiger partial charge is 0.788 e. The van der Waals surface area contributed by atoms with Gasteiger partial charge in [-0.3, -0.25) is 9.59 Å². The average Bonchev–Trinajstić information content (AvgIpc) is 2.70. The van der Waals surface area contributed by atoms with Crippen molar-refractivity contribution in [3.8, 4) is 16.9 Å². The first kappa shape index (κ1) is 32.3. The Bertz CT molecular complexity index is 1280. The van der Waals surface area contributed by atoms with Crippen LogP contribution in [0.4, 0.5) is 8.78 Å². The quantitative estimate of drug-likeness (QED) is 0.296. The highest BCUT2D eigenvalue weighted by atomic mass is 32.2. The Morgan fingerprint density at radius 1 is 1.17 bits per heavy atom. The van der Waals surface area contributed by atoms with Crippen LogP contribution in [0.2, 0.25) is 0 Å². The van der Waals surface area contributed by atoms with Crippen molar-refractivity contribution in [3.05, 3.63) is 52.5 Å². The molecule has 35 heavy (non-hydrogen) atoms. The van der Waals surface area contributed by atoms with Crippen molar-refractivity contribution >= 4 is 23.6 Å². The smallest absolute Gasteiger partial charge is 0.265 e. The summed E-state index contributed by atoms with van der Waals surface area (Å²) in [6.45, 7) is 0.397. The van der Waals surface area contributed by atoms with Gasteiger partial charge in [0.2, 0.25) is 0 Å². The minimum atomic E-state index is -5.65. The number of phosphoric acid groups is 1. The number of amides is 1. The summed E-state index contributed by atoms with van der Waals surface area (Å²) >= 11 is 0.